The van der Waals surface area contributed by atoms with Crippen molar-refractivity contribution in [1.82, 2.24) is 14.7 Å². The molecule has 1 spiro atoms. The Kier molecular flexibility index (Phi) is 7.86. The van der Waals surface area contributed by atoms with E-state index in [2.05, 4.69) is 4.90 Å². The number of rotatable bonds is 8. The van der Waals surface area contributed by atoms with Crippen LogP contribution >= 0.6 is 0 Å². The highest BCUT2D eigenvalue weighted by Crippen LogP contribution is 2.57. The fourth-order valence-electron chi connectivity index (χ4n) is 7.32. The molecule has 0 aromatic heterocycles. The number of fused-ring (bicyclic) bond motifs is 2. The Hall–Kier alpha value is -3.25. The van der Waals surface area contributed by atoms with Gasteiger partial charge in [0.1, 0.15) is 17.4 Å². The van der Waals surface area contributed by atoms with Crippen molar-refractivity contribution in [3.05, 3.63) is 48.6 Å². The fourth-order valence-corrected chi connectivity index (χ4v) is 7.32. The van der Waals surface area contributed by atoms with E-state index in [1.54, 1.807) is 9.80 Å². The Balaban J connectivity index is 1.33. The molecule has 1 unspecified atom stereocenters. The first-order valence-corrected chi connectivity index (χ1v) is 14.9. The number of hydrogen-bond donors (Lipinski definition) is 1. The summed E-state index contributed by atoms with van der Waals surface area (Å²) in [6, 6.07) is 6.34. The summed E-state index contributed by atoms with van der Waals surface area (Å²) in [6.07, 6.45) is 7.50. The van der Waals surface area contributed by atoms with E-state index in [1.807, 2.05) is 62.4 Å². The van der Waals surface area contributed by atoms with Crippen molar-refractivity contribution in [2.75, 3.05) is 77.1 Å². The summed E-state index contributed by atoms with van der Waals surface area (Å²) in [4.78, 5) is 50.0. The molecule has 226 valence electrons. The highest BCUT2D eigenvalue weighted by molar-refractivity contribution is 6.04. The summed E-state index contributed by atoms with van der Waals surface area (Å²) in [7, 11) is 0. The van der Waals surface area contributed by atoms with Crippen molar-refractivity contribution in [1.29, 1.82) is 0 Å². The molecule has 0 saturated carbocycles. The average Bonchev–Trinajstić information content (AvgIpc) is 3.25. The molecule has 5 aliphatic rings. The van der Waals surface area contributed by atoms with Crippen molar-refractivity contribution in [3.8, 4) is 5.75 Å². The summed E-state index contributed by atoms with van der Waals surface area (Å²) in [6.45, 7) is 8.82. The van der Waals surface area contributed by atoms with Crippen LogP contribution in [0.25, 0.3) is 0 Å². The molecule has 6 rings (SSSR count). The van der Waals surface area contributed by atoms with Gasteiger partial charge < -0.3 is 34.0 Å². The molecule has 3 saturated heterocycles. The van der Waals surface area contributed by atoms with Crippen LogP contribution in [0.1, 0.15) is 13.8 Å². The van der Waals surface area contributed by atoms with E-state index in [4.69, 9.17) is 14.2 Å². The van der Waals surface area contributed by atoms with Crippen molar-refractivity contribution < 1.29 is 33.7 Å². The first-order chi connectivity index (χ1) is 20.3. The lowest BCUT2D eigenvalue weighted by atomic mass is 9.74. The Bertz CT molecular complexity index is 1260. The van der Waals surface area contributed by atoms with E-state index in [9.17, 15) is 19.5 Å². The SMILES string of the molecule is CCOc1ccc(N2CC=C[C@]3(C)O[C@]45C=CCN(CCN6CCOCC6)C(=O)C4N(CCO)C(=O)[C@@H]5[C@@H]3C2=O)cc1. The third-order valence-electron chi connectivity index (χ3n) is 9.23. The van der Waals surface area contributed by atoms with Gasteiger partial charge in [-0.2, -0.15) is 0 Å². The molecule has 5 heterocycles. The minimum absolute atomic E-state index is 0.0158. The molecule has 3 amide bonds. The largest absolute Gasteiger partial charge is 0.494 e. The predicted molar refractivity (Wildman–Crippen MR) is 154 cm³/mol. The summed E-state index contributed by atoms with van der Waals surface area (Å²) >= 11 is 0. The maximum absolute atomic E-state index is 14.4. The minimum Gasteiger partial charge on any atom is -0.494 e. The fraction of sp³-hybridized carbons (Fsp3) is 0.581. The lowest BCUT2D eigenvalue weighted by Gasteiger charge is -2.37. The first kappa shape index (κ1) is 28.9. The van der Waals surface area contributed by atoms with Crippen LogP contribution in [0.3, 0.4) is 0 Å². The molecule has 11 nitrogen and oxygen atoms in total. The number of hydrogen-bond acceptors (Lipinski definition) is 8. The zero-order chi connectivity index (χ0) is 29.5. The van der Waals surface area contributed by atoms with E-state index in [1.165, 1.54) is 4.90 Å². The highest BCUT2D eigenvalue weighted by Gasteiger charge is 2.74. The second-order valence-corrected chi connectivity index (χ2v) is 11.7. The summed E-state index contributed by atoms with van der Waals surface area (Å²) in [5, 5.41) is 9.93. The standard InChI is InChI=1S/C31H40N4O7/c1-3-41-23-8-6-22(7-9-23)34-13-4-10-30(2)24(27(34)37)25-28(38)35(16-19-36)26-29(39)33(12-5-11-31(25,26)42-30)15-14-32-17-20-40-21-18-32/h4-11,24-26,36H,3,12-21H2,1-2H3/t24-,25+,26?,30+,31+/m1/s1. The summed E-state index contributed by atoms with van der Waals surface area (Å²) in [5.41, 5.74) is -1.75. The topological polar surface area (TPSA) is 112 Å². The van der Waals surface area contributed by atoms with Crippen molar-refractivity contribution in [3.63, 3.8) is 0 Å². The molecule has 5 aliphatic heterocycles. The highest BCUT2D eigenvalue weighted by atomic mass is 16.5. The number of β-amino-alcohol motifs (C(OH)–C–C–N with tert-alkyl or cyclic N) is 1. The number of carbonyl (C=O) groups is 3. The number of aliphatic hydroxyl groups excluding tert-OH is 1. The predicted octanol–water partition coefficient (Wildman–Crippen LogP) is 0.682. The lowest BCUT2D eigenvalue weighted by Crippen LogP contribution is -2.57. The van der Waals surface area contributed by atoms with Crippen molar-refractivity contribution in [2.45, 2.75) is 31.1 Å². The van der Waals surface area contributed by atoms with Gasteiger partial charge in [0.2, 0.25) is 17.7 Å². The molecule has 1 aromatic carbocycles. The Morgan fingerprint density at radius 1 is 0.929 bits per heavy atom. The van der Waals surface area contributed by atoms with Crippen LogP contribution < -0.4 is 9.64 Å². The normalized spacial score (nSPS) is 33.0. The maximum atomic E-state index is 14.4. The molecule has 1 aromatic rings. The van der Waals surface area contributed by atoms with E-state index in [0.29, 0.717) is 57.4 Å². The van der Waals surface area contributed by atoms with Gasteiger partial charge in [0.25, 0.3) is 0 Å². The molecule has 1 N–H and O–H groups in total. The molecule has 0 radical (unpaired) electrons. The summed E-state index contributed by atoms with van der Waals surface area (Å²) in [5.74, 6) is -1.87. The lowest BCUT2D eigenvalue weighted by molar-refractivity contribution is -0.151. The first-order valence-electron chi connectivity index (χ1n) is 14.9. The number of morpholine rings is 1. The number of aliphatic hydroxyl groups is 1. The number of carbonyl (C=O) groups excluding carboxylic acids is 3. The number of likely N-dealkylation sites (tertiary alicyclic amines) is 1. The number of nitrogens with zero attached hydrogens (tertiary/aromatic N) is 4. The third-order valence-corrected chi connectivity index (χ3v) is 9.23. The zero-order valence-corrected chi connectivity index (χ0v) is 24.3. The molecule has 42 heavy (non-hydrogen) atoms. The van der Waals surface area contributed by atoms with E-state index >= 15 is 0 Å². The van der Waals surface area contributed by atoms with E-state index < -0.39 is 29.1 Å². The maximum Gasteiger partial charge on any atom is 0.249 e. The molecule has 3 fully saturated rings. The Morgan fingerprint density at radius 3 is 2.38 bits per heavy atom. The monoisotopic (exact) mass is 580 g/mol. The van der Waals surface area contributed by atoms with E-state index in [0.717, 1.165) is 13.1 Å². The zero-order valence-electron chi connectivity index (χ0n) is 24.3. The minimum atomic E-state index is -1.34. The van der Waals surface area contributed by atoms with Gasteiger partial charge in [0, 0.05) is 51.5 Å². The number of ether oxygens (including phenoxy) is 3. The second kappa shape index (κ2) is 11.4. The Labute approximate surface area is 246 Å². The van der Waals surface area contributed by atoms with Gasteiger partial charge in [-0.25, -0.2) is 0 Å². The van der Waals surface area contributed by atoms with Crippen LogP contribution in [0.5, 0.6) is 5.75 Å². The van der Waals surface area contributed by atoms with Crippen LogP contribution in [0.2, 0.25) is 0 Å². The molecule has 11 heteroatoms. The van der Waals surface area contributed by atoms with Gasteiger partial charge in [-0.05, 0) is 38.1 Å². The van der Waals surface area contributed by atoms with E-state index in [-0.39, 0.29) is 30.9 Å². The average molecular weight is 581 g/mol. The number of benzene rings is 1. The van der Waals surface area contributed by atoms with Gasteiger partial charge in [-0.1, -0.05) is 24.3 Å². The number of amides is 3. The van der Waals surface area contributed by atoms with Crippen LogP contribution in [0.4, 0.5) is 5.69 Å². The number of anilines is 1. The van der Waals surface area contributed by atoms with Crippen LogP contribution in [-0.2, 0) is 23.9 Å². The second-order valence-electron chi connectivity index (χ2n) is 11.7. The third kappa shape index (κ3) is 4.72. The smallest absolute Gasteiger partial charge is 0.249 e. The van der Waals surface area contributed by atoms with Crippen molar-refractivity contribution in [2.24, 2.45) is 11.8 Å². The van der Waals surface area contributed by atoms with Gasteiger partial charge >= 0.3 is 0 Å². The summed E-state index contributed by atoms with van der Waals surface area (Å²) < 4.78 is 17.9. The molecule has 0 bridgehead atoms. The molecule has 0 aliphatic carbocycles. The van der Waals surface area contributed by atoms with Gasteiger partial charge in [-0.3, -0.25) is 19.3 Å². The van der Waals surface area contributed by atoms with Crippen LogP contribution in [0.15, 0.2) is 48.6 Å². The molecular weight excluding hydrogens is 540 g/mol. The quantitative estimate of drug-likeness (QED) is 0.447. The molecule has 5 atom stereocenters. The van der Waals surface area contributed by atoms with Gasteiger partial charge in [0.15, 0.2) is 0 Å². The molecular formula is C31H40N4O7. The van der Waals surface area contributed by atoms with Crippen LogP contribution in [0, 0.1) is 11.8 Å². The Morgan fingerprint density at radius 2 is 1.67 bits per heavy atom. The van der Waals surface area contributed by atoms with Crippen LogP contribution in [-0.4, -0.2) is 127 Å². The van der Waals surface area contributed by atoms with Gasteiger partial charge in [0.05, 0.1) is 43.9 Å². The van der Waals surface area contributed by atoms with Crippen molar-refractivity contribution >= 4 is 23.4 Å². The van der Waals surface area contributed by atoms with Gasteiger partial charge in [-0.15, -0.1) is 0 Å².